The Balaban J connectivity index is 1.59. The lowest BCUT2D eigenvalue weighted by atomic mass is 9.95. The third-order valence-corrected chi connectivity index (χ3v) is 6.48. The standard InChI is InChI=1S/C25H26F2N6O5/c1-36-16-8-7-14(19(9-16)38-3)11-28-23-29-20-17(5-4-6-18(20)37-2)22-30-21(31-33(22)23)15-10-25(26,27)13-32(12-15)24(34)35/h4-9,15H,10-13H2,1-3H3,(H,28,29)(H,34,35)/t15-/m0/s1. The first-order chi connectivity index (χ1) is 18.2. The largest absolute Gasteiger partial charge is 0.497 e. The number of hydrogen-bond donors (Lipinski definition) is 2. The molecule has 200 valence electrons. The molecule has 2 aromatic heterocycles. The number of anilines is 1. The number of carbonyl (C=O) groups is 1. The zero-order chi connectivity index (χ0) is 27.0. The number of aromatic nitrogens is 4. The monoisotopic (exact) mass is 528 g/mol. The molecule has 5 rings (SSSR count). The minimum Gasteiger partial charge on any atom is -0.497 e. The van der Waals surface area contributed by atoms with Crippen molar-refractivity contribution in [1.29, 1.82) is 0 Å². The first kappa shape index (κ1) is 25.2. The van der Waals surface area contributed by atoms with Gasteiger partial charge in [0.05, 0.1) is 27.9 Å². The number of amides is 1. The predicted octanol–water partition coefficient (Wildman–Crippen LogP) is 4.02. The maximum absolute atomic E-state index is 14.4. The van der Waals surface area contributed by atoms with Crippen molar-refractivity contribution in [3.8, 4) is 17.2 Å². The van der Waals surface area contributed by atoms with Gasteiger partial charge in [-0.25, -0.2) is 23.5 Å². The molecule has 4 aromatic rings. The van der Waals surface area contributed by atoms with Crippen LogP contribution in [0.2, 0.25) is 0 Å². The van der Waals surface area contributed by atoms with Crippen molar-refractivity contribution < 1.29 is 32.9 Å². The lowest BCUT2D eigenvalue weighted by Crippen LogP contribution is -2.48. The average molecular weight is 529 g/mol. The van der Waals surface area contributed by atoms with Gasteiger partial charge in [0, 0.05) is 42.4 Å². The van der Waals surface area contributed by atoms with E-state index in [-0.39, 0.29) is 12.4 Å². The highest BCUT2D eigenvalue weighted by molar-refractivity contribution is 5.96. The number of benzene rings is 2. The van der Waals surface area contributed by atoms with Crippen LogP contribution in [0.4, 0.5) is 19.5 Å². The topological polar surface area (TPSA) is 123 Å². The SMILES string of the molecule is COc1ccc(CNc2nc3c(OC)cccc3c3nc([C@@H]4CN(C(=O)O)CC(F)(F)C4)nn23)c(OC)c1. The van der Waals surface area contributed by atoms with Crippen molar-refractivity contribution >= 4 is 28.6 Å². The molecule has 1 saturated heterocycles. The number of piperidine rings is 1. The van der Waals surface area contributed by atoms with Gasteiger partial charge in [0.15, 0.2) is 11.5 Å². The van der Waals surface area contributed by atoms with Crippen LogP contribution in [0.5, 0.6) is 17.2 Å². The van der Waals surface area contributed by atoms with Crippen LogP contribution >= 0.6 is 0 Å². The van der Waals surface area contributed by atoms with Gasteiger partial charge in [-0.2, -0.15) is 4.52 Å². The van der Waals surface area contributed by atoms with Crippen molar-refractivity contribution in [3.05, 3.63) is 47.8 Å². The van der Waals surface area contributed by atoms with E-state index in [2.05, 4.69) is 15.4 Å². The number of likely N-dealkylation sites (tertiary alicyclic amines) is 1. The molecule has 0 radical (unpaired) electrons. The minimum absolute atomic E-state index is 0.109. The molecule has 0 spiro atoms. The third kappa shape index (κ3) is 4.66. The van der Waals surface area contributed by atoms with Crippen molar-refractivity contribution in [1.82, 2.24) is 24.5 Å². The molecule has 0 bridgehead atoms. The van der Waals surface area contributed by atoms with E-state index in [4.69, 9.17) is 19.2 Å². The number of para-hydroxylation sites is 1. The highest BCUT2D eigenvalue weighted by atomic mass is 19.3. The van der Waals surface area contributed by atoms with Crippen LogP contribution in [0.15, 0.2) is 36.4 Å². The van der Waals surface area contributed by atoms with Gasteiger partial charge in [0.2, 0.25) is 5.95 Å². The molecule has 1 atom stereocenters. The molecule has 3 heterocycles. The Labute approximate surface area is 215 Å². The average Bonchev–Trinajstić information content (AvgIpc) is 3.36. The molecule has 38 heavy (non-hydrogen) atoms. The summed E-state index contributed by atoms with van der Waals surface area (Å²) < 4.78 is 46.6. The molecule has 1 aliphatic heterocycles. The summed E-state index contributed by atoms with van der Waals surface area (Å²) in [5.41, 5.74) is 1.70. The molecule has 2 N–H and O–H groups in total. The lowest BCUT2D eigenvalue weighted by molar-refractivity contribution is -0.0659. The zero-order valence-electron chi connectivity index (χ0n) is 20.9. The van der Waals surface area contributed by atoms with Crippen LogP contribution in [0, 0.1) is 0 Å². The van der Waals surface area contributed by atoms with Gasteiger partial charge >= 0.3 is 6.09 Å². The predicted molar refractivity (Wildman–Crippen MR) is 134 cm³/mol. The molecule has 2 aromatic carbocycles. The van der Waals surface area contributed by atoms with E-state index in [0.29, 0.717) is 51.2 Å². The van der Waals surface area contributed by atoms with Gasteiger partial charge in [0.1, 0.15) is 22.8 Å². The zero-order valence-corrected chi connectivity index (χ0v) is 20.9. The van der Waals surface area contributed by atoms with Crippen molar-refractivity contribution in [2.24, 2.45) is 0 Å². The Morgan fingerprint density at radius 2 is 1.92 bits per heavy atom. The molecule has 11 nitrogen and oxygen atoms in total. The quantitative estimate of drug-likeness (QED) is 0.366. The van der Waals surface area contributed by atoms with Gasteiger partial charge in [0.25, 0.3) is 5.92 Å². The molecule has 1 fully saturated rings. The first-order valence-corrected chi connectivity index (χ1v) is 11.8. The van der Waals surface area contributed by atoms with Crippen LogP contribution in [0.3, 0.4) is 0 Å². The molecule has 0 aliphatic carbocycles. The summed E-state index contributed by atoms with van der Waals surface area (Å²) in [7, 11) is 4.64. The van der Waals surface area contributed by atoms with E-state index < -0.39 is 30.9 Å². The van der Waals surface area contributed by atoms with Gasteiger partial charge in [-0.3, -0.25) is 0 Å². The molecule has 1 aliphatic rings. The summed E-state index contributed by atoms with van der Waals surface area (Å²) in [6.45, 7) is -0.702. The van der Waals surface area contributed by atoms with E-state index in [1.807, 2.05) is 6.07 Å². The Kier molecular flexibility index (Phi) is 6.51. The fraction of sp³-hybridized carbons (Fsp3) is 0.360. The van der Waals surface area contributed by atoms with Crippen molar-refractivity contribution in [3.63, 3.8) is 0 Å². The van der Waals surface area contributed by atoms with Crippen LogP contribution in [0.25, 0.3) is 16.6 Å². The van der Waals surface area contributed by atoms with Gasteiger partial charge in [-0.15, -0.1) is 5.10 Å². The maximum Gasteiger partial charge on any atom is 0.407 e. The first-order valence-electron chi connectivity index (χ1n) is 11.8. The van der Waals surface area contributed by atoms with Gasteiger partial charge < -0.3 is 29.5 Å². The van der Waals surface area contributed by atoms with Crippen LogP contribution in [-0.4, -0.2) is 76.0 Å². The number of nitrogens with one attached hydrogen (secondary N) is 1. The minimum atomic E-state index is -3.20. The highest BCUT2D eigenvalue weighted by Crippen LogP contribution is 2.36. The van der Waals surface area contributed by atoms with Crippen molar-refractivity contribution in [2.45, 2.75) is 24.8 Å². The summed E-state index contributed by atoms with van der Waals surface area (Å²) >= 11 is 0. The fourth-order valence-electron chi connectivity index (χ4n) is 4.66. The second-order valence-electron chi connectivity index (χ2n) is 8.95. The second kappa shape index (κ2) is 9.80. The molecule has 0 saturated carbocycles. The summed E-state index contributed by atoms with van der Waals surface area (Å²) in [6, 6.07) is 10.7. The number of fused-ring (bicyclic) bond motifs is 3. The molecule has 0 unspecified atom stereocenters. The normalized spacial score (nSPS) is 17.0. The number of halogens is 2. The Bertz CT molecular complexity index is 1510. The number of ether oxygens (including phenoxy) is 3. The van der Waals surface area contributed by atoms with Gasteiger partial charge in [-0.05, 0) is 24.3 Å². The smallest absolute Gasteiger partial charge is 0.407 e. The summed E-state index contributed by atoms with van der Waals surface area (Å²) in [6.07, 6.45) is -1.97. The number of methoxy groups -OCH3 is 3. The maximum atomic E-state index is 14.4. The second-order valence-corrected chi connectivity index (χ2v) is 8.95. The number of alkyl halides is 2. The fourth-order valence-corrected chi connectivity index (χ4v) is 4.66. The van der Waals surface area contributed by atoms with E-state index >= 15 is 0 Å². The molecule has 13 heteroatoms. The molecule has 1 amide bonds. The Morgan fingerprint density at radius 3 is 2.63 bits per heavy atom. The highest BCUT2D eigenvalue weighted by Gasteiger charge is 2.44. The number of rotatable bonds is 7. The van der Waals surface area contributed by atoms with Crippen LogP contribution in [-0.2, 0) is 6.54 Å². The van der Waals surface area contributed by atoms with E-state index in [0.717, 1.165) is 5.56 Å². The lowest BCUT2D eigenvalue weighted by Gasteiger charge is -2.34. The third-order valence-electron chi connectivity index (χ3n) is 6.48. The van der Waals surface area contributed by atoms with Crippen LogP contribution < -0.4 is 19.5 Å². The van der Waals surface area contributed by atoms with E-state index in [1.54, 1.807) is 44.6 Å². The molecular formula is C25H26F2N6O5. The van der Waals surface area contributed by atoms with Gasteiger partial charge in [-0.1, -0.05) is 6.07 Å². The Morgan fingerprint density at radius 1 is 1.13 bits per heavy atom. The molecular weight excluding hydrogens is 502 g/mol. The van der Waals surface area contributed by atoms with Crippen LogP contribution in [0.1, 0.15) is 23.7 Å². The van der Waals surface area contributed by atoms with E-state index in [1.165, 1.54) is 11.6 Å². The van der Waals surface area contributed by atoms with E-state index in [9.17, 15) is 18.7 Å². The number of hydrogen-bond acceptors (Lipinski definition) is 8. The summed E-state index contributed by atoms with van der Waals surface area (Å²) in [5, 5.41) is 17.7. The summed E-state index contributed by atoms with van der Waals surface area (Å²) in [5.74, 6) is -1.95. The summed E-state index contributed by atoms with van der Waals surface area (Å²) in [4.78, 5) is 21.5. The number of carboxylic acid groups (broad SMARTS) is 1. The number of nitrogens with zero attached hydrogens (tertiary/aromatic N) is 5. The Hall–Kier alpha value is -4.42. The van der Waals surface area contributed by atoms with Crippen molar-refractivity contribution in [2.75, 3.05) is 39.7 Å².